The summed E-state index contributed by atoms with van der Waals surface area (Å²) in [4.78, 5) is 3.41. The third kappa shape index (κ3) is 3.63. The number of hydrogen-bond acceptors (Lipinski definition) is 5. The van der Waals surface area contributed by atoms with Gasteiger partial charge in [-0.25, -0.2) is 13.1 Å². The van der Waals surface area contributed by atoms with Crippen LogP contribution in [0.15, 0.2) is 28.9 Å². The predicted molar refractivity (Wildman–Crippen MR) is 94.9 cm³/mol. The lowest BCUT2D eigenvalue weighted by Crippen LogP contribution is -2.30. The number of benzene rings is 1. The molecule has 1 saturated carbocycles. The summed E-state index contributed by atoms with van der Waals surface area (Å²) >= 11 is 0. The molecule has 0 amide bonds. The molecular formula is C17H17F3N4O3S. The average Bonchev–Trinajstić information content (AvgIpc) is 3.29. The Morgan fingerprint density at radius 3 is 2.71 bits per heavy atom. The Morgan fingerprint density at radius 1 is 1.32 bits per heavy atom. The first-order valence-corrected chi connectivity index (χ1v) is 10.2. The van der Waals surface area contributed by atoms with Gasteiger partial charge in [0.15, 0.2) is 0 Å². The van der Waals surface area contributed by atoms with Crippen molar-refractivity contribution in [2.24, 2.45) is 0 Å². The number of aromatic nitrogens is 3. The van der Waals surface area contributed by atoms with Gasteiger partial charge in [-0.2, -0.15) is 18.2 Å². The molecule has 1 aliphatic rings. The van der Waals surface area contributed by atoms with Gasteiger partial charge in [0, 0.05) is 35.8 Å². The van der Waals surface area contributed by atoms with Gasteiger partial charge in [-0.3, -0.25) is 0 Å². The van der Waals surface area contributed by atoms with Crippen LogP contribution < -0.4 is 4.72 Å². The molecule has 0 aliphatic heterocycles. The van der Waals surface area contributed by atoms with Crippen molar-refractivity contribution in [1.29, 1.82) is 0 Å². The fourth-order valence-corrected chi connectivity index (χ4v) is 4.43. The van der Waals surface area contributed by atoms with Crippen LogP contribution in [-0.2, 0) is 22.7 Å². The van der Waals surface area contributed by atoms with Gasteiger partial charge >= 0.3 is 12.1 Å². The smallest absolute Gasteiger partial charge is 0.346 e. The van der Waals surface area contributed by atoms with Crippen molar-refractivity contribution in [1.82, 2.24) is 19.4 Å². The van der Waals surface area contributed by atoms with Gasteiger partial charge in [0.1, 0.15) is 0 Å². The van der Waals surface area contributed by atoms with E-state index in [1.54, 1.807) is 18.2 Å². The van der Waals surface area contributed by atoms with Gasteiger partial charge < -0.3 is 9.09 Å². The zero-order valence-corrected chi connectivity index (χ0v) is 15.6. The van der Waals surface area contributed by atoms with Crippen LogP contribution in [0.3, 0.4) is 0 Å². The summed E-state index contributed by atoms with van der Waals surface area (Å²) in [7, 11) is -3.24. The van der Waals surface area contributed by atoms with Gasteiger partial charge in [-0.05, 0) is 43.5 Å². The van der Waals surface area contributed by atoms with Gasteiger partial charge in [-0.15, -0.1) is 0 Å². The first kappa shape index (κ1) is 18.9. The minimum atomic E-state index is -4.69. The molecule has 0 atom stereocenters. The Kier molecular flexibility index (Phi) is 4.46. The maximum atomic E-state index is 12.6. The molecule has 1 aliphatic carbocycles. The number of rotatable bonds is 6. The van der Waals surface area contributed by atoms with Crippen molar-refractivity contribution in [2.75, 3.05) is 6.54 Å². The van der Waals surface area contributed by atoms with E-state index in [-0.39, 0.29) is 17.6 Å². The second-order valence-corrected chi connectivity index (χ2v) is 8.84. The molecule has 0 bridgehead atoms. The number of halogens is 3. The third-order valence-corrected chi connectivity index (χ3v) is 6.58. The number of nitrogens with zero attached hydrogens (tertiary/aromatic N) is 3. The normalized spacial score (nSPS) is 15.4. The highest BCUT2D eigenvalue weighted by Gasteiger charge is 2.38. The number of sulfonamides is 1. The maximum Gasteiger partial charge on any atom is 0.471 e. The highest BCUT2D eigenvalue weighted by atomic mass is 32.2. The van der Waals surface area contributed by atoms with E-state index in [4.69, 9.17) is 0 Å². The number of fused-ring (bicyclic) bond motifs is 1. The van der Waals surface area contributed by atoms with Crippen LogP contribution in [0.2, 0.25) is 0 Å². The molecule has 1 aromatic carbocycles. The largest absolute Gasteiger partial charge is 0.471 e. The van der Waals surface area contributed by atoms with E-state index in [0.717, 1.165) is 16.5 Å². The van der Waals surface area contributed by atoms with Crippen LogP contribution in [-0.4, -0.2) is 34.9 Å². The standard InChI is InChI=1S/C17H17F3N4O3S/c1-10-9-24(7-6-21-28(25,26)12-3-4-12)14-5-2-11(8-13(10)14)15-22-16(27-23-15)17(18,19)20/h2,5,8-9,12,21H,3-4,6-7H2,1H3. The average molecular weight is 414 g/mol. The zero-order chi connectivity index (χ0) is 20.1. The van der Waals surface area contributed by atoms with Crippen molar-refractivity contribution in [3.63, 3.8) is 0 Å². The van der Waals surface area contributed by atoms with Crippen molar-refractivity contribution in [3.05, 3.63) is 35.9 Å². The van der Waals surface area contributed by atoms with Crippen LogP contribution in [0.25, 0.3) is 22.3 Å². The molecule has 2 aromatic heterocycles. The summed E-state index contributed by atoms with van der Waals surface area (Å²) in [5.74, 6) is -1.53. The second-order valence-electron chi connectivity index (χ2n) is 6.80. The molecule has 0 unspecified atom stereocenters. The monoisotopic (exact) mass is 414 g/mol. The Hall–Kier alpha value is -2.40. The van der Waals surface area contributed by atoms with Crippen LogP contribution in [0.5, 0.6) is 0 Å². The van der Waals surface area contributed by atoms with E-state index in [1.807, 2.05) is 17.7 Å². The number of alkyl halides is 3. The van der Waals surface area contributed by atoms with Crippen molar-refractivity contribution in [3.8, 4) is 11.4 Å². The summed E-state index contributed by atoms with van der Waals surface area (Å²) < 4.78 is 70.5. The van der Waals surface area contributed by atoms with Crippen molar-refractivity contribution < 1.29 is 26.1 Å². The topological polar surface area (TPSA) is 90.0 Å². The van der Waals surface area contributed by atoms with Gasteiger partial charge in [0.25, 0.3) is 0 Å². The molecule has 28 heavy (non-hydrogen) atoms. The van der Waals surface area contributed by atoms with E-state index < -0.39 is 22.1 Å². The Bertz CT molecular complexity index is 1130. The summed E-state index contributed by atoms with van der Waals surface area (Å²) in [6, 6.07) is 5.05. The highest BCUT2D eigenvalue weighted by molar-refractivity contribution is 7.90. The fraction of sp³-hybridized carbons (Fsp3) is 0.412. The first-order valence-electron chi connectivity index (χ1n) is 8.64. The number of hydrogen-bond donors (Lipinski definition) is 1. The van der Waals surface area contributed by atoms with Crippen LogP contribution >= 0.6 is 0 Å². The molecule has 1 fully saturated rings. The minimum absolute atomic E-state index is 0.140. The second kappa shape index (κ2) is 6.59. The molecular weight excluding hydrogens is 397 g/mol. The van der Waals surface area contributed by atoms with Gasteiger partial charge in [0.2, 0.25) is 15.8 Å². The van der Waals surface area contributed by atoms with Crippen LogP contribution in [0.1, 0.15) is 24.3 Å². The minimum Gasteiger partial charge on any atom is -0.346 e. The maximum absolute atomic E-state index is 12.6. The molecule has 0 saturated heterocycles. The molecule has 0 spiro atoms. The molecule has 11 heteroatoms. The lowest BCUT2D eigenvalue weighted by molar-refractivity contribution is -0.159. The molecule has 4 rings (SSSR count). The summed E-state index contributed by atoms with van der Waals surface area (Å²) in [5.41, 5.74) is 2.15. The molecule has 2 heterocycles. The Balaban J connectivity index is 1.56. The van der Waals surface area contributed by atoms with Crippen LogP contribution in [0.4, 0.5) is 13.2 Å². The predicted octanol–water partition coefficient (Wildman–Crippen LogP) is 3.10. The SMILES string of the molecule is Cc1cn(CCNS(=O)(=O)C2CC2)c2ccc(-c3noc(C(F)(F)F)n3)cc12. The van der Waals surface area contributed by atoms with Crippen molar-refractivity contribution in [2.45, 2.75) is 37.7 Å². The fourth-order valence-electron chi connectivity index (χ4n) is 3.06. The lowest BCUT2D eigenvalue weighted by atomic mass is 10.1. The summed E-state index contributed by atoms with van der Waals surface area (Å²) in [6.07, 6.45) is -1.41. The number of nitrogens with one attached hydrogen (secondary N) is 1. The molecule has 7 nitrogen and oxygen atoms in total. The van der Waals surface area contributed by atoms with Crippen LogP contribution in [0, 0.1) is 6.92 Å². The third-order valence-electron chi connectivity index (χ3n) is 4.63. The zero-order valence-electron chi connectivity index (χ0n) is 14.8. The molecule has 0 radical (unpaired) electrons. The molecule has 1 N–H and O–H groups in total. The van der Waals surface area contributed by atoms with Crippen molar-refractivity contribution >= 4 is 20.9 Å². The van der Waals surface area contributed by atoms with Gasteiger partial charge in [0.05, 0.1) is 5.25 Å². The molecule has 3 aromatic rings. The summed E-state index contributed by atoms with van der Waals surface area (Å²) in [5, 5.41) is 3.96. The quantitative estimate of drug-likeness (QED) is 0.670. The highest BCUT2D eigenvalue weighted by Crippen LogP contribution is 2.31. The van der Waals surface area contributed by atoms with E-state index in [1.165, 1.54) is 0 Å². The van der Waals surface area contributed by atoms with E-state index >= 15 is 0 Å². The Morgan fingerprint density at radius 2 is 2.07 bits per heavy atom. The van der Waals surface area contributed by atoms with E-state index in [0.29, 0.717) is 24.9 Å². The lowest BCUT2D eigenvalue weighted by Gasteiger charge is -2.08. The number of aryl methyl sites for hydroxylation is 1. The van der Waals surface area contributed by atoms with Gasteiger partial charge in [-0.1, -0.05) is 5.16 Å². The summed E-state index contributed by atoms with van der Waals surface area (Å²) in [6.45, 7) is 2.58. The Labute approximate surface area is 158 Å². The first-order chi connectivity index (χ1) is 13.1. The molecule has 150 valence electrons. The van der Waals surface area contributed by atoms with E-state index in [9.17, 15) is 21.6 Å². The van der Waals surface area contributed by atoms with E-state index in [2.05, 4.69) is 19.4 Å².